The third-order valence-corrected chi connectivity index (χ3v) is 6.19. The van der Waals surface area contributed by atoms with Gasteiger partial charge in [-0.05, 0) is 42.5 Å². The summed E-state index contributed by atoms with van der Waals surface area (Å²) in [6.07, 6.45) is 0.576. The smallest absolute Gasteiger partial charge is 0.238 e. The van der Waals surface area contributed by atoms with E-state index in [2.05, 4.69) is 10.0 Å². The van der Waals surface area contributed by atoms with Crippen molar-refractivity contribution in [3.05, 3.63) is 59.7 Å². The fraction of sp³-hybridized carbons (Fsp3) is 0.435. The normalized spacial score (nSPS) is 12.4. The molecule has 0 aliphatic carbocycles. The summed E-state index contributed by atoms with van der Waals surface area (Å²) < 4.78 is 37.5. The highest BCUT2D eigenvalue weighted by Crippen LogP contribution is 2.29. The lowest BCUT2D eigenvalue weighted by Crippen LogP contribution is -2.50. The number of ether oxygens (including phenoxy) is 2. The summed E-state index contributed by atoms with van der Waals surface area (Å²) in [5.41, 5.74) is 2.04. The van der Waals surface area contributed by atoms with Crippen LogP contribution < -0.4 is 19.5 Å². The van der Waals surface area contributed by atoms with Crippen LogP contribution in [0.25, 0.3) is 0 Å². The van der Waals surface area contributed by atoms with Crippen LogP contribution in [0, 0.1) is 5.92 Å². The highest BCUT2D eigenvalue weighted by Gasteiger charge is 2.26. The molecule has 7 nitrogen and oxygen atoms in total. The van der Waals surface area contributed by atoms with Gasteiger partial charge >= 0.3 is 0 Å². The Balaban J connectivity index is 1.93. The first-order valence-corrected chi connectivity index (χ1v) is 12.0. The zero-order valence-corrected chi connectivity index (χ0v) is 19.4. The second-order valence-electron chi connectivity index (χ2n) is 7.54. The van der Waals surface area contributed by atoms with Crippen LogP contribution in [0.1, 0.15) is 31.9 Å². The average molecular weight is 449 g/mol. The molecular formula is C23H32N2O5S. The van der Waals surface area contributed by atoms with Crippen LogP contribution in [0.15, 0.2) is 48.5 Å². The van der Waals surface area contributed by atoms with Gasteiger partial charge in [0.1, 0.15) is 12.6 Å². The van der Waals surface area contributed by atoms with E-state index in [0.29, 0.717) is 31.1 Å². The minimum atomic E-state index is -3.47. The van der Waals surface area contributed by atoms with Crippen LogP contribution in [0.5, 0.6) is 11.5 Å². The summed E-state index contributed by atoms with van der Waals surface area (Å²) in [7, 11) is -1.88. The van der Waals surface area contributed by atoms with Gasteiger partial charge in [-0.2, -0.15) is 0 Å². The Morgan fingerprint density at radius 3 is 2.35 bits per heavy atom. The van der Waals surface area contributed by atoms with Crippen molar-refractivity contribution in [2.24, 2.45) is 5.92 Å². The quantitative estimate of drug-likeness (QED) is 0.521. The van der Waals surface area contributed by atoms with Crippen LogP contribution in [-0.4, -0.2) is 39.8 Å². The maximum atomic E-state index is 12.5. The van der Waals surface area contributed by atoms with Crippen LogP contribution in [0.3, 0.4) is 0 Å². The molecule has 1 atom stereocenters. The Morgan fingerprint density at radius 2 is 1.74 bits per heavy atom. The van der Waals surface area contributed by atoms with Gasteiger partial charge in [0.2, 0.25) is 15.9 Å². The first-order valence-electron chi connectivity index (χ1n) is 10.4. The van der Waals surface area contributed by atoms with Crippen molar-refractivity contribution in [1.82, 2.24) is 10.0 Å². The van der Waals surface area contributed by atoms with E-state index in [9.17, 15) is 13.2 Å². The summed E-state index contributed by atoms with van der Waals surface area (Å²) in [5.74, 6) is 0.704. The fourth-order valence-corrected chi connectivity index (χ4v) is 3.86. The fourth-order valence-electron chi connectivity index (χ4n) is 2.93. The van der Waals surface area contributed by atoms with Crippen LogP contribution in [0.2, 0.25) is 0 Å². The summed E-state index contributed by atoms with van der Waals surface area (Å²) in [6, 6.07) is 14.7. The van der Waals surface area contributed by atoms with Gasteiger partial charge in [0.15, 0.2) is 11.5 Å². The number of carbonyl (C=O) groups excluding carboxylic acids is 1. The van der Waals surface area contributed by atoms with Crippen LogP contribution in [-0.2, 0) is 27.8 Å². The third-order valence-electron chi connectivity index (χ3n) is 4.81. The number of benzene rings is 2. The Kier molecular flexibility index (Phi) is 9.33. The molecule has 31 heavy (non-hydrogen) atoms. The Hall–Kier alpha value is -2.58. The lowest BCUT2D eigenvalue weighted by Gasteiger charge is -2.21. The van der Waals surface area contributed by atoms with Crippen molar-refractivity contribution in [3.63, 3.8) is 0 Å². The van der Waals surface area contributed by atoms with E-state index in [1.807, 2.05) is 62.4 Å². The van der Waals surface area contributed by atoms with Gasteiger partial charge < -0.3 is 14.8 Å². The minimum Gasteiger partial charge on any atom is -0.493 e. The second-order valence-corrected chi connectivity index (χ2v) is 9.59. The monoisotopic (exact) mass is 448 g/mol. The molecule has 2 aromatic carbocycles. The van der Waals surface area contributed by atoms with Gasteiger partial charge in [-0.25, -0.2) is 13.1 Å². The number of methoxy groups -OCH3 is 1. The van der Waals surface area contributed by atoms with Crippen molar-refractivity contribution in [2.75, 3.05) is 19.4 Å². The number of rotatable bonds is 12. The van der Waals surface area contributed by atoms with Crippen LogP contribution >= 0.6 is 0 Å². The molecule has 0 fully saturated rings. The first-order chi connectivity index (χ1) is 14.8. The van der Waals surface area contributed by atoms with Crippen molar-refractivity contribution in [2.45, 2.75) is 39.8 Å². The number of hydrogen-bond acceptors (Lipinski definition) is 5. The molecule has 0 saturated carbocycles. The molecule has 170 valence electrons. The molecule has 0 radical (unpaired) electrons. The molecule has 0 bridgehead atoms. The maximum absolute atomic E-state index is 12.5. The second kappa shape index (κ2) is 11.7. The largest absolute Gasteiger partial charge is 0.493 e. The molecule has 0 aliphatic rings. The van der Waals surface area contributed by atoms with Gasteiger partial charge in [-0.15, -0.1) is 0 Å². The molecule has 0 aromatic heterocycles. The van der Waals surface area contributed by atoms with E-state index in [1.54, 1.807) is 7.11 Å². The Bertz CT molecular complexity index is 946. The number of carbonyl (C=O) groups is 1. The van der Waals surface area contributed by atoms with E-state index in [4.69, 9.17) is 9.47 Å². The van der Waals surface area contributed by atoms with Crippen molar-refractivity contribution >= 4 is 15.9 Å². The highest BCUT2D eigenvalue weighted by molar-refractivity contribution is 7.89. The lowest BCUT2D eigenvalue weighted by molar-refractivity contribution is -0.123. The molecule has 2 N–H and O–H groups in total. The molecule has 0 heterocycles. The summed E-state index contributed by atoms with van der Waals surface area (Å²) in [6.45, 7) is 5.97. The molecule has 0 aliphatic heterocycles. The maximum Gasteiger partial charge on any atom is 0.238 e. The Labute approximate surface area is 185 Å². The van der Waals surface area contributed by atoms with E-state index in [1.165, 1.54) is 6.92 Å². The van der Waals surface area contributed by atoms with Crippen LogP contribution in [0.4, 0.5) is 0 Å². The summed E-state index contributed by atoms with van der Waals surface area (Å²) in [5, 5.41) is 2.82. The van der Waals surface area contributed by atoms with Crippen molar-refractivity contribution in [3.8, 4) is 11.5 Å². The molecule has 2 aromatic rings. The Morgan fingerprint density at radius 1 is 1.03 bits per heavy atom. The predicted octanol–water partition coefficient (Wildman–Crippen LogP) is 2.90. The van der Waals surface area contributed by atoms with E-state index in [-0.39, 0.29) is 17.6 Å². The topological polar surface area (TPSA) is 93.7 Å². The molecule has 8 heteroatoms. The van der Waals surface area contributed by atoms with Gasteiger partial charge in [-0.1, -0.05) is 50.2 Å². The number of nitrogens with one attached hydrogen (secondary N) is 2. The molecule has 2 rings (SSSR count). The van der Waals surface area contributed by atoms with E-state index < -0.39 is 16.1 Å². The summed E-state index contributed by atoms with van der Waals surface area (Å²) in [4.78, 5) is 12.5. The van der Waals surface area contributed by atoms with E-state index in [0.717, 1.165) is 11.1 Å². The third kappa shape index (κ3) is 7.88. The molecule has 1 amide bonds. The highest BCUT2D eigenvalue weighted by atomic mass is 32.2. The van der Waals surface area contributed by atoms with Gasteiger partial charge in [-0.3, -0.25) is 4.79 Å². The summed E-state index contributed by atoms with van der Waals surface area (Å²) >= 11 is 0. The van der Waals surface area contributed by atoms with E-state index >= 15 is 0 Å². The van der Waals surface area contributed by atoms with Gasteiger partial charge in [0, 0.05) is 6.54 Å². The molecule has 0 spiro atoms. The molecular weight excluding hydrogens is 416 g/mol. The zero-order chi connectivity index (χ0) is 22.9. The first kappa shape index (κ1) is 24.7. The number of sulfonamides is 1. The predicted molar refractivity (Wildman–Crippen MR) is 122 cm³/mol. The molecule has 0 saturated heterocycles. The van der Waals surface area contributed by atoms with Crippen molar-refractivity contribution in [1.29, 1.82) is 0 Å². The lowest BCUT2D eigenvalue weighted by atomic mass is 10.0. The number of amides is 1. The SMILES string of the molecule is CCS(=O)(=O)NC(C(=O)NCCc1ccc(OCc2ccccc2)c(OC)c1)C(C)C. The molecule has 1 unspecified atom stereocenters. The number of hydrogen-bond donors (Lipinski definition) is 2. The zero-order valence-electron chi connectivity index (χ0n) is 18.6. The van der Waals surface area contributed by atoms with Gasteiger partial charge in [0.25, 0.3) is 0 Å². The standard InChI is InChI=1S/C23H32N2O5S/c1-5-31(27,28)25-22(17(2)3)23(26)24-14-13-18-11-12-20(21(15-18)29-4)30-16-19-9-7-6-8-10-19/h6-12,15,17,22,25H,5,13-14,16H2,1-4H3,(H,24,26). The van der Waals surface area contributed by atoms with Crippen molar-refractivity contribution < 1.29 is 22.7 Å². The average Bonchev–Trinajstić information content (AvgIpc) is 2.76. The van der Waals surface area contributed by atoms with Gasteiger partial charge in [0.05, 0.1) is 12.9 Å². The minimum absolute atomic E-state index is 0.0675.